The smallest absolute Gasteiger partial charge is 0.282 e. The first-order valence-corrected chi connectivity index (χ1v) is 13.1. The van der Waals surface area contributed by atoms with Crippen molar-refractivity contribution in [2.24, 2.45) is 10.2 Å². The Hall–Kier alpha value is -2.04. The average molecular weight is 515 g/mol. The van der Waals surface area contributed by atoms with Crippen LogP contribution in [0.5, 0.6) is 0 Å². The molecule has 32 heavy (non-hydrogen) atoms. The van der Waals surface area contributed by atoms with Gasteiger partial charge in [0.05, 0.1) is 39.4 Å². The Kier molecular flexibility index (Phi) is 6.83. The number of aromatic nitrogens is 2. The molecular weight excluding hydrogens is 496 g/mol. The molecule has 2 heterocycles. The molecular formula is C18H18N4O6S4+2. The van der Waals surface area contributed by atoms with Crippen molar-refractivity contribution in [3.05, 3.63) is 36.4 Å². The van der Waals surface area contributed by atoms with Crippen molar-refractivity contribution in [3.63, 3.8) is 0 Å². The molecule has 14 heteroatoms. The maximum atomic E-state index is 11.5. The molecule has 0 saturated heterocycles. The van der Waals surface area contributed by atoms with Crippen molar-refractivity contribution < 1.29 is 36.7 Å². The standard InChI is InChI=1S/C18H16N4O6S4/c1-3-21-13-7-5-11(31-28-27-23)9-15(13)29-17(21)19-20-18-22(4-2)14-8-6-12(32(24,25)26)10-16(14)30-18/h5-10H,3-4H2,1-2H3/p+2. The number of rotatable bonds is 8. The fraction of sp³-hybridized carbons (Fsp3) is 0.222. The van der Waals surface area contributed by atoms with Crippen LogP contribution in [0.4, 0.5) is 10.3 Å². The fourth-order valence-electron chi connectivity index (χ4n) is 3.22. The van der Waals surface area contributed by atoms with Crippen LogP contribution in [0.1, 0.15) is 13.8 Å². The second-order valence-electron chi connectivity index (χ2n) is 6.42. The summed E-state index contributed by atoms with van der Waals surface area (Å²) < 4.78 is 42.4. The van der Waals surface area contributed by atoms with E-state index in [0.717, 1.165) is 32.7 Å². The molecule has 168 valence electrons. The molecule has 0 fully saturated rings. The van der Waals surface area contributed by atoms with Gasteiger partial charge in [-0.1, -0.05) is 5.04 Å². The van der Waals surface area contributed by atoms with Crippen molar-refractivity contribution in [3.8, 4) is 0 Å². The van der Waals surface area contributed by atoms with Crippen molar-refractivity contribution >= 4 is 75.5 Å². The van der Waals surface area contributed by atoms with Crippen LogP contribution in [-0.2, 0) is 32.6 Å². The Balaban J connectivity index is 1.74. The second kappa shape index (κ2) is 9.44. The number of azo groups is 1. The van der Waals surface area contributed by atoms with Crippen LogP contribution in [0.2, 0.25) is 0 Å². The second-order valence-corrected chi connectivity index (χ2v) is 10.6. The van der Waals surface area contributed by atoms with Gasteiger partial charge >= 0.3 is 10.3 Å². The van der Waals surface area contributed by atoms with Crippen LogP contribution in [-0.4, -0.2) is 18.2 Å². The Morgan fingerprint density at radius 1 is 0.969 bits per heavy atom. The first kappa shape index (κ1) is 23.1. The van der Waals surface area contributed by atoms with Gasteiger partial charge in [0.2, 0.25) is 10.2 Å². The lowest BCUT2D eigenvalue weighted by Crippen LogP contribution is -2.31. The summed E-state index contributed by atoms with van der Waals surface area (Å²) in [6, 6.07) is 10.1. The maximum absolute atomic E-state index is 11.5. The summed E-state index contributed by atoms with van der Waals surface area (Å²) >= 11 is 3.64. The first-order valence-electron chi connectivity index (χ1n) is 9.32. The third-order valence-corrected chi connectivity index (χ3v) is 8.11. The van der Waals surface area contributed by atoms with Gasteiger partial charge in [0.25, 0.3) is 10.1 Å². The highest BCUT2D eigenvalue weighted by Gasteiger charge is 2.26. The lowest BCUT2D eigenvalue weighted by Gasteiger charge is -1.97. The monoisotopic (exact) mass is 514 g/mol. The van der Waals surface area contributed by atoms with Gasteiger partial charge in [-0.05, 0) is 72.9 Å². The van der Waals surface area contributed by atoms with Gasteiger partial charge in [-0.2, -0.15) is 8.42 Å². The molecule has 10 nitrogen and oxygen atoms in total. The lowest BCUT2D eigenvalue weighted by atomic mass is 10.3. The van der Waals surface area contributed by atoms with E-state index in [-0.39, 0.29) is 4.90 Å². The number of nitrogens with zero attached hydrogens (tertiary/aromatic N) is 4. The van der Waals surface area contributed by atoms with Gasteiger partial charge in [0.1, 0.15) is 11.0 Å². The first-order chi connectivity index (χ1) is 15.4. The van der Waals surface area contributed by atoms with E-state index in [0.29, 0.717) is 28.1 Å². The van der Waals surface area contributed by atoms with E-state index >= 15 is 0 Å². The van der Waals surface area contributed by atoms with Crippen molar-refractivity contribution in [1.82, 2.24) is 0 Å². The maximum Gasteiger partial charge on any atom is 0.435 e. The van der Waals surface area contributed by atoms with Crippen LogP contribution in [0.15, 0.2) is 56.4 Å². The molecule has 2 aromatic carbocycles. The number of fused-ring (bicyclic) bond motifs is 2. The number of hydrogen-bond acceptors (Lipinski definition) is 10. The minimum Gasteiger partial charge on any atom is -0.282 e. The molecule has 0 unspecified atom stereocenters. The Morgan fingerprint density at radius 2 is 1.53 bits per heavy atom. The SMILES string of the molecule is CC[n+]1c(N=Nc2sc3cc(S(=O)(=O)O)ccc3[n+]2CC)sc2cc(SOOO)ccc21. The van der Waals surface area contributed by atoms with E-state index in [2.05, 4.69) is 19.6 Å². The van der Waals surface area contributed by atoms with Crippen LogP contribution in [0.3, 0.4) is 0 Å². The third-order valence-electron chi connectivity index (χ3n) is 4.62. The number of aryl methyl sites for hydroxylation is 2. The molecule has 0 radical (unpaired) electrons. The molecule has 0 amide bonds. The number of hydrogen-bond donors (Lipinski definition) is 2. The van der Waals surface area contributed by atoms with E-state index in [1.807, 2.05) is 41.2 Å². The molecule has 4 rings (SSSR count). The quantitative estimate of drug-likeness (QED) is 0.0862. The molecule has 0 aliphatic rings. The highest BCUT2D eigenvalue weighted by molar-refractivity contribution is 7.94. The van der Waals surface area contributed by atoms with Gasteiger partial charge in [0, 0.05) is 4.90 Å². The molecule has 2 aromatic heterocycles. The summed E-state index contributed by atoms with van der Waals surface area (Å²) in [4.78, 5) is 0.595. The molecule has 2 N–H and O–H groups in total. The summed E-state index contributed by atoms with van der Waals surface area (Å²) in [6.45, 7) is 5.28. The van der Waals surface area contributed by atoms with E-state index in [1.165, 1.54) is 34.8 Å². The Morgan fingerprint density at radius 3 is 2.06 bits per heavy atom. The van der Waals surface area contributed by atoms with E-state index in [1.54, 1.807) is 6.07 Å². The predicted octanol–water partition coefficient (Wildman–Crippen LogP) is 4.82. The highest BCUT2D eigenvalue weighted by atomic mass is 32.2. The normalized spacial score (nSPS) is 12.5. The van der Waals surface area contributed by atoms with Gasteiger partial charge in [0.15, 0.2) is 0 Å². The van der Waals surface area contributed by atoms with Crippen LogP contribution in [0.25, 0.3) is 20.4 Å². The van der Waals surface area contributed by atoms with E-state index in [9.17, 15) is 13.0 Å². The van der Waals surface area contributed by atoms with E-state index in [4.69, 9.17) is 5.26 Å². The van der Waals surface area contributed by atoms with Gasteiger partial charge in [-0.3, -0.25) is 4.55 Å². The fourth-order valence-corrected chi connectivity index (χ4v) is 6.45. The summed E-state index contributed by atoms with van der Waals surface area (Å²) in [6.07, 6.45) is 0. The Bertz CT molecular complexity index is 1430. The Labute approximate surface area is 195 Å². The van der Waals surface area contributed by atoms with Gasteiger partial charge in [-0.15, -0.1) is 4.33 Å². The van der Waals surface area contributed by atoms with Crippen molar-refractivity contribution in [1.29, 1.82) is 0 Å². The molecule has 4 aromatic rings. The van der Waals surface area contributed by atoms with Gasteiger partial charge in [-0.25, -0.2) is 14.4 Å². The zero-order chi connectivity index (χ0) is 22.9. The molecule has 0 spiro atoms. The van der Waals surface area contributed by atoms with Crippen molar-refractivity contribution in [2.75, 3.05) is 0 Å². The van der Waals surface area contributed by atoms with Crippen LogP contribution < -0.4 is 9.13 Å². The van der Waals surface area contributed by atoms with Crippen LogP contribution >= 0.6 is 34.7 Å². The number of benzene rings is 2. The summed E-state index contributed by atoms with van der Waals surface area (Å²) in [7, 11) is -4.28. The third kappa shape index (κ3) is 4.53. The topological polar surface area (TPSA) is 126 Å². The molecule has 0 saturated carbocycles. The minimum atomic E-state index is -4.28. The van der Waals surface area contributed by atoms with Gasteiger partial charge < -0.3 is 0 Å². The highest BCUT2D eigenvalue weighted by Crippen LogP contribution is 2.33. The lowest BCUT2D eigenvalue weighted by molar-refractivity contribution is -0.653. The summed E-state index contributed by atoms with van der Waals surface area (Å²) in [5.74, 6) is 0. The molecule has 0 atom stereocenters. The summed E-state index contributed by atoms with van der Waals surface area (Å²) in [5.41, 5.74) is 1.80. The largest absolute Gasteiger partial charge is 0.435 e. The predicted molar refractivity (Wildman–Crippen MR) is 120 cm³/mol. The minimum absolute atomic E-state index is 0.157. The van der Waals surface area contributed by atoms with E-state index < -0.39 is 10.1 Å². The molecule has 0 aliphatic carbocycles. The number of thiazole rings is 2. The zero-order valence-electron chi connectivity index (χ0n) is 16.8. The molecule has 0 aliphatic heterocycles. The van der Waals surface area contributed by atoms with Crippen LogP contribution in [0, 0.1) is 0 Å². The zero-order valence-corrected chi connectivity index (χ0v) is 20.1. The average Bonchev–Trinajstić information content (AvgIpc) is 3.31. The van der Waals surface area contributed by atoms with Crippen molar-refractivity contribution in [2.45, 2.75) is 36.7 Å². The molecule has 0 bridgehead atoms. The summed E-state index contributed by atoms with van der Waals surface area (Å²) in [5, 5.41) is 22.2.